The molecule has 2 aliphatic heterocycles. The van der Waals surface area contributed by atoms with E-state index in [2.05, 4.69) is 10.2 Å². The average molecular weight is 402 g/mol. The fourth-order valence-electron chi connectivity index (χ4n) is 3.78. The first-order valence-corrected chi connectivity index (χ1v) is 10.2. The van der Waals surface area contributed by atoms with Crippen LogP contribution in [0, 0.1) is 0 Å². The van der Waals surface area contributed by atoms with Crippen LogP contribution in [0.25, 0.3) is 0 Å². The third-order valence-electron chi connectivity index (χ3n) is 5.55. The maximum Gasteiger partial charge on any atom is 0.408 e. The molecule has 0 saturated carbocycles. The number of nitrogens with one attached hydrogen (secondary N) is 1. The molecule has 3 amide bonds. The van der Waals surface area contributed by atoms with Gasteiger partial charge >= 0.3 is 6.09 Å². The fourth-order valence-corrected chi connectivity index (χ4v) is 3.78. The van der Waals surface area contributed by atoms with E-state index in [0.717, 1.165) is 25.1 Å². The second-order valence-corrected chi connectivity index (χ2v) is 7.75. The average Bonchev–Trinajstić information content (AvgIpc) is 3.22. The minimum atomic E-state index is -0.751. The number of carbonyl (C=O) groups excluding carboxylic acids is 3. The van der Waals surface area contributed by atoms with Crippen LogP contribution < -0.4 is 5.32 Å². The molecule has 0 spiro atoms. The van der Waals surface area contributed by atoms with Gasteiger partial charge < -0.3 is 24.8 Å². The van der Waals surface area contributed by atoms with E-state index in [-0.39, 0.29) is 18.4 Å². The molecular weight excluding hydrogens is 372 g/mol. The van der Waals surface area contributed by atoms with Crippen LogP contribution in [0.15, 0.2) is 30.3 Å². The summed E-state index contributed by atoms with van der Waals surface area (Å²) in [6.45, 7) is 5.37. The minimum absolute atomic E-state index is 0.0165. The van der Waals surface area contributed by atoms with Gasteiger partial charge in [0.15, 0.2) is 0 Å². The summed E-state index contributed by atoms with van der Waals surface area (Å²) >= 11 is 0. The molecule has 0 radical (unpaired) electrons. The molecule has 0 aliphatic carbocycles. The number of likely N-dealkylation sites (N-methyl/N-ethyl adjacent to an activating group) is 1. The van der Waals surface area contributed by atoms with Gasteiger partial charge in [-0.2, -0.15) is 0 Å². The highest BCUT2D eigenvalue weighted by Gasteiger charge is 2.38. The number of benzene rings is 1. The maximum atomic E-state index is 12.9. The topological polar surface area (TPSA) is 82.2 Å². The number of amides is 3. The molecule has 8 heteroatoms. The van der Waals surface area contributed by atoms with Crippen LogP contribution in [0.3, 0.4) is 0 Å². The second-order valence-electron chi connectivity index (χ2n) is 7.75. The number of hydrogen-bond acceptors (Lipinski definition) is 5. The van der Waals surface area contributed by atoms with Crippen LogP contribution in [0.5, 0.6) is 0 Å². The van der Waals surface area contributed by atoms with E-state index >= 15 is 0 Å². The van der Waals surface area contributed by atoms with Crippen LogP contribution in [0.4, 0.5) is 4.79 Å². The second kappa shape index (κ2) is 9.73. The van der Waals surface area contributed by atoms with E-state index in [9.17, 15) is 14.4 Å². The summed E-state index contributed by atoms with van der Waals surface area (Å²) in [5, 5.41) is 2.59. The predicted octanol–water partition coefficient (Wildman–Crippen LogP) is 1.07. The standard InChI is InChI=1S/C21H30N4O4/c1-16(22-21(28)29-15-17-7-4-3-5-8-17)19(26)25-10-6-9-18(25)20(27)24-13-11-23(2)12-14-24/h3-5,7-8,16,18H,6,9-15H2,1-2H3,(H,22,28)/t16-,18-/m0/s1. The van der Waals surface area contributed by atoms with Gasteiger partial charge in [0.25, 0.3) is 0 Å². The summed E-state index contributed by atoms with van der Waals surface area (Å²) in [7, 11) is 2.04. The molecule has 29 heavy (non-hydrogen) atoms. The highest BCUT2D eigenvalue weighted by molar-refractivity contribution is 5.91. The summed E-state index contributed by atoms with van der Waals surface area (Å²) in [5.41, 5.74) is 0.874. The molecule has 2 saturated heterocycles. The molecule has 0 bridgehead atoms. The Morgan fingerprint density at radius 1 is 1.10 bits per heavy atom. The number of piperazine rings is 1. The molecule has 1 N–H and O–H groups in total. The van der Waals surface area contributed by atoms with Crippen LogP contribution >= 0.6 is 0 Å². The van der Waals surface area contributed by atoms with Crippen molar-refractivity contribution >= 4 is 17.9 Å². The summed E-state index contributed by atoms with van der Waals surface area (Å²) < 4.78 is 5.19. The van der Waals surface area contributed by atoms with Crippen molar-refractivity contribution in [2.75, 3.05) is 39.8 Å². The molecule has 0 unspecified atom stereocenters. The van der Waals surface area contributed by atoms with Crippen LogP contribution in [0.2, 0.25) is 0 Å². The Hall–Kier alpha value is -2.61. The summed E-state index contributed by atoms with van der Waals surface area (Å²) in [6.07, 6.45) is 0.819. The lowest BCUT2D eigenvalue weighted by Gasteiger charge is -2.36. The van der Waals surface area contributed by atoms with Gasteiger partial charge in [-0.1, -0.05) is 30.3 Å². The van der Waals surface area contributed by atoms with Crippen molar-refractivity contribution in [3.63, 3.8) is 0 Å². The number of likely N-dealkylation sites (tertiary alicyclic amines) is 1. The van der Waals surface area contributed by atoms with Crippen molar-refractivity contribution in [3.8, 4) is 0 Å². The largest absolute Gasteiger partial charge is 0.445 e. The maximum absolute atomic E-state index is 12.9. The Balaban J connectivity index is 1.51. The first kappa shape index (κ1) is 21.1. The van der Waals surface area contributed by atoms with Gasteiger partial charge in [-0.05, 0) is 32.4 Å². The Morgan fingerprint density at radius 3 is 2.48 bits per heavy atom. The molecule has 1 aromatic rings. The molecule has 2 aliphatic rings. The smallest absolute Gasteiger partial charge is 0.408 e. The van der Waals surface area contributed by atoms with E-state index in [1.54, 1.807) is 11.8 Å². The van der Waals surface area contributed by atoms with E-state index in [1.165, 1.54) is 0 Å². The van der Waals surface area contributed by atoms with Gasteiger partial charge in [0, 0.05) is 32.7 Å². The SMILES string of the molecule is C[C@H](NC(=O)OCc1ccccc1)C(=O)N1CCC[C@H]1C(=O)N1CCN(C)CC1. The van der Waals surface area contributed by atoms with Crippen molar-refractivity contribution in [2.45, 2.75) is 38.5 Å². The normalized spacial score (nSPS) is 21.0. The Bertz CT molecular complexity index is 719. The molecular formula is C21H30N4O4. The number of nitrogens with zero attached hydrogens (tertiary/aromatic N) is 3. The Morgan fingerprint density at radius 2 is 1.79 bits per heavy atom. The highest BCUT2D eigenvalue weighted by atomic mass is 16.5. The monoisotopic (exact) mass is 402 g/mol. The van der Waals surface area contributed by atoms with Crippen molar-refractivity contribution in [2.24, 2.45) is 0 Å². The molecule has 158 valence electrons. The zero-order valence-electron chi connectivity index (χ0n) is 17.2. The van der Waals surface area contributed by atoms with Gasteiger partial charge in [-0.15, -0.1) is 0 Å². The van der Waals surface area contributed by atoms with Crippen molar-refractivity contribution in [1.29, 1.82) is 0 Å². The van der Waals surface area contributed by atoms with Gasteiger partial charge in [0.2, 0.25) is 11.8 Å². The number of hydrogen-bond donors (Lipinski definition) is 1. The lowest BCUT2D eigenvalue weighted by Crippen LogP contribution is -2.56. The quantitative estimate of drug-likeness (QED) is 0.797. The number of rotatable bonds is 5. The van der Waals surface area contributed by atoms with Gasteiger partial charge in [-0.3, -0.25) is 9.59 Å². The molecule has 0 aromatic heterocycles. The molecule has 2 atom stereocenters. The zero-order valence-corrected chi connectivity index (χ0v) is 17.2. The zero-order chi connectivity index (χ0) is 20.8. The fraction of sp³-hybridized carbons (Fsp3) is 0.571. The van der Waals surface area contributed by atoms with Crippen LogP contribution in [-0.2, 0) is 20.9 Å². The third-order valence-corrected chi connectivity index (χ3v) is 5.55. The lowest BCUT2D eigenvalue weighted by molar-refractivity contribution is -0.145. The third kappa shape index (κ3) is 5.47. The van der Waals surface area contributed by atoms with E-state index < -0.39 is 18.2 Å². The Kier molecular flexibility index (Phi) is 7.09. The predicted molar refractivity (Wildman–Crippen MR) is 108 cm³/mol. The molecule has 8 nitrogen and oxygen atoms in total. The summed E-state index contributed by atoms with van der Waals surface area (Å²) in [6, 6.07) is 8.16. The van der Waals surface area contributed by atoms with Crippen molar-refractivity contribution in [3.05, 3.63) is 35.9 Å². The first-order chi connectivity index (χ1) is 14.0. The van der Waals surface area contributed by atoms with E-state index in [1.807, 2.05) is 42.3 Å². The number of ether oxygens (including phenoxy) is 1. The summed E-state index contributed by atoms with van der Waals surface area (Å²) in [4.78, 5) is 43.5. The van der Waals surface area contributed by atoms with E-state index in [0.29, 0.717) is 26.1 Å². The summed E-state index contributed by atoms with van der Waals surface area (Å²) in [5.74, 6) is -0.227. The lowest BCUT2D eigenvalue weighted by atomic mass is 10.1. The van der Waals surface area contributed by atoms with Crippen molar-refractivity contribution in [1.82, 2.24) is 20.0 Å². The molecule has 2 fully saturated rings. The number of carbonyl (C=O) groups is 3. The first-order valence-electron chi connectivity index (χ1n) is 10.2. The number of alkyl carbamates (subject to hydrolysis) is 1. The van der Waals surface area contributed by atoms with Gasteiger partial charge in [0.1, 0.15) is 18.7 Å². The Labute approximate surface area is 171 Å². The van der Waals surface area contributed by atoms with Crippen molar-refractivity contribution < 1.29 is 19.1 Å². The van der Waals surface area contributed by atoms with E-state index in [4.69, 9.17) is 4.74 Å². The molecule has 3 rings (SSSR count). The molecule has 1 aromatic carbocycles. The highest BCUT2D eigenvalue weighted by Crippen LogP contribution is 2.21. The van der Waals surface area contributed by atoms with Gasteiger partial charge in [0.05, 0.1) is 0 Å². The minimum Gasteiger partial charge on any atom is -0.445 e. The van der Waals surface area contributed by atoms with Crippen LogP contribution in [0.1, 0.15) is 25.3 Å². The van der Waals surface area contributed by atoms with Crippen LogP contribution in [-0.4, -0.2) is 84.5 Å². The molecule has 2 heterocycles. The van der Waals surface area contributed by atoms with Gasteiger partial charge in [-0.25, -0.2) is 4.79 Å².